The van der Waals surface area contributed by atoms with Crippen molar-refractivity contribution in [1.82, 2.24) is 30.2 Å². The summed E-state index contributed by atoms with van der Waals surface area (Å²) in [5, 5.41) is 6.09. The molecule has 0 saturated carbocycles. The molecule has 0 aromatic heterocycles. The fraction of sp³-hybridized carbons (Fsp3) is 0.736. The number of ether oxygens (including phenoxy) is 1. The van der Waals surface area contributed by atoms with Gasteiger partial charge in [-0.25, -0.2) is 4.79 Å². The Bertz CT molecular complexity index is 1490. The molecule has 0 spiro atoms. The van der Waals surface area contributed by atoms with Gasteiger partial charge >= 0.3 is 6.03 Å². The fourth-order valence-corrected chi connectivity index (χ4v) is 8.13. The molecule has 0 aliphatic carbocycles. The zero-order valence-electron chi connectivity index (χ0n) is 41.9. The summed E-state index contributed by atoms with van der Waals surface area (Å²) in [7, 11) is 5.97. The number of imide groups is 1. The van der Waals surface area contributed by atoms with E-state index in [1.807, 2.05) is 51.1 Å². The summed E-state index contributed by atoms with van der Waals surface area (Å²) in [4.78, 5) is 33.4. The van der Waals surface area contributed by atoms with Gasteiger partial charge in [0.05, 0.1) is 7.11 Å². The van der Waals surface area contributed by atoms with E-state index >= 15 is 0 Å². The van der Waals surface area contributed by atoms with Crippen molar-refractivity contribution in [1.29, 1.82) is 0 Å². The van der Waals surface area contributed by atoms with Gasteiger partial charge in [-0.1, -0.05) is 97.9 Å². The van der Waals surface area contributed by atoms with Crippen LogP contribution in [0.2, 0.25) is 0 Å². The summed E-state index contributed by atoms with van der Waals surface area (Å²) < 4.78 is 5.20. The molecule has 3 heterocycles. The van der Waals surface area contributed by atoms with Crippen LogP contribution >= 0.6 is 0 Å². The summed E-state index contributed by atoms with van der Waals surface area (Å²) in [6.07, 6.45) is 12.2. The molecule has 0 radical (unpaired) electrons. The van der Waals surface area contributed by atoms with Gasteiger partial charge in [0, 0.05) is 31.2 Å². The van der Waals surface area contributed by atoms with Crippen LogP contribution in [0.3, 0.4) is 0 Å². The van der Waals surface area contributed by atoms with E-state index in [-0.39, 0.29) is 24.9 Å². The maximum Gasteiger partial charge on any atom is 0.325 e. The predicted molar refractivity (Wildman–Crippen MR) is 266 cm³/mol. The monoisotopic (exact) mass is 865 g/mol. The summed E-state index contributed by atoms with van der Waals surface area (Å²) in [5.41, 5.74) is 2.19. The molecule has 9 nitrogen and oxygen atoms in total. The molecule has 9 heteroatoms. The van der Waals surface area contributed by atoms with Gasteiger partial charge in [-0.05, 0) is 180 Å². The Balaban J connectivity index is 0.000000439. The number of likely N-dealkylation sites (tertiary alicyclic amines) is 2. The Morgan fingerprint density at radius 2 is 1.40 bits per heavy atom. The van der Waals surface area contributed by atoms with Gasteiger partial charge in [0.15, 0.2) is 0 Å². The van der Waals surface area contributed by atoms with Crippen molar-refractivity contribution in [2.75, 3.05) is 73.6 Å². The van der Waals surface area contributed by atoms with Gasteiger partial charge in [0.1, 0.15) is 11.3 Å². The average molecular weight is 865 g/mol. The smallest absolute Gasteiger partial charge is 0.325 e. The lowest BCUT2D eigenvalue weighted by atomic mass is 9.80. The lowest BCUT2D eigenvalue weighted by Gasteiger charge is -2.35. The first-order valence-electron chi connectivity index (χ1n) is 23.6. The second-order valence-electron chi connectivity index (χ2n) is 21.9. The van der Waals surface area contributed by atoms with E-state index in [9.17, 15) is 9.59 Å². The quantitative estimate of drug-likeness (QED) is 0.194. The number of benzene rings is 2. The van der Waals surface area contributed by atoms with E-state index in [1.54, 1.807) is 14.0 Å². The van der Waals surface area contributed by atoms with E-state index < -0.39 is 5.54 Å². The van der Waals surface area contributed by atoms with Gasteiger partial charge < -0.3 is 30.1 Å². The maximum atomic E-state index is 12.6. The van der Waals surface area contributed by atoms with Crippen LogP contribution in [0.15, 0.2) is 54.6 Å². The summed E-state index contributed by atoms with van der Waals surface area (Å²) in [6, 6.07) is 18.3. The molecule has 3 fully saturated rings. The Labute approximate surface area is 382 Å². The van der Waals surface area contributed by atoms with Crippen molar-refractivity contribution in [2.24, 2.45) is 16.7 Å². The molecule has 5 rings (SSSR count). The second-order valence-corrected chi connectivity index (χ2v) is 21.9. The maximum absolute atomic E-state index is 12.6. The highest BCUT2D eigenvalue weighted by atomic mass is 16.5. The minimum atomic E-state index is -0.972. The Hall–Kier alpha value is -2.98. The third-order valence-electron chi connectivity index (χ3n) is 11.8. The van der Waals surface area contributed by atoms with Gasteiger partial charge in [-0.2, -0.15) is 0 Å². The Morgan fingerprint density at radius 3 is 1.87 bits per heavy atom. The number of amides is 3. The average Bonchev–Trinajstić information content (AvgIpc) is 3.41. The zero-order valence-corrected chi connectivity index (χ0v) is 41.9. The Morgan fingerprint density at radius 1 is 0.823 bits per heavy atom. The number of urea groups is 1. The van der Waals surface area contributed by atoms with Crippen molar-refractivity contribution in [2.45, 2.75) is 165 Å². The lowest BCUT2D eigenvalue weighted by molar-refractivity contribution is -0.131. The largest absolute Gasteiger partial charge is 0.497 e. The van der Waals surface area contributed by atoms with Crippen molar-refractivity contribution in [3.05, 3.63) is 65.7 Å². The van der Waals surface area contributed by atoms with Crippen molar-refractivity contribution < 1.29 is 14.3 Å². The molecular formula is C53H96N6O3. The highest BCUT2D eigenvalue weighted by Crippen LogP contribution is 2.31. The van der Waals surface area contributed by atoms with Crippen LogP contribution in [0.1, 0.15) is 153 Å². The topological polar surface area (TPSA) is 80.4 Å². The molecule has 2 aromatic carbocycles. The molecule has 2 N–H and O–H groups in total. The molecule has 3 aliphatic heterocycles. The first-order chi connectivity index (χ1) is 28.4. The SMILES string of the molecule is C.CC(C)(C)NCCN1C(=O)NC(C)(c2ccccc2)C1=O.CC(C)N1CCCCC1.CN(C)CCCC(C)(C)C.COc1ccc(CCN2CCC(CC(C)(C)C)CC2)cc1. The number of nitrogens with one attached hydrogen (secondary N) is 2. The third-order valence-corrected chi connectivity index (χ3v) is 11.8. The number of piperidine rings is 2. The number of carbonyl (C=O) groups is 2. The van der Waals surface area contributed by atoms with Gasteiger partial charge in [0.2, 0.25) is 0 Å². The first kappa shape index (κ1) is 57.0. The van der Waals surface area contributed by atoms with Crippen LogP contribution in [0.5, 0.6) is 5.75 Å². The van der Waals surface area contributed by atoms with Crippen LogP contribution in [0.25, 0.3) is 0 Å². The highest BCUT2D eigenvalue weighted by molar-refractivity contribution is 6.07. The number of methoxy groups -OCH3 is 1. The van der Waals surface area contributed by atoms with Crippen molar-refractivity contribution in [3.63, 3.8) is 0 Å². The molecule has 3 aliphatic rings. The molecule has 0 bridgehead atoms. The summed E-state index contributed by atoms with van der Waals surface area (Å²) in [5.74, 6) is 1.68. The van der Waals surface area contributed by atoms with E-state index in [0.717, 1.165) is 29.7 Å². The number of hydrogen-bond donors (Lipinski definition) is 2. The van der Waals surface area contributed by atoms with Crippen molar-refractivity contribution >= 4 is 11.9 Å². The molecule has 62 heavy (non-hydrogen) atoms. The number of carbonyl (C=O) groups excluding carboxylic acids is 2. The van der Waals surface area contributed by atoms with E-state index in [2.05, 4.69) is 119 Å². The zero-order chi connectivity index (χ0) is 45.9. The van der Waals surface area contributed by atoms with E-state index in [1.165, 1.54) is 101 Å². The fourth-order valence-electron chi connectivity index (χ4n) is 8.13. The predicted octanol–water partition coefficient (Wildman–Crippen LogP) is 11.1. The van der Waals surface area contributed by atoms with Crippen LogP contribution in [-0.2, 0) is 16.8 Å². The van der Waals surface area contributed by atoms with Gasteiger partial charge in [-0.3, -0.25) is 9.69 Å². The summed E-state index contributed by atoms with van der Waals surface area (Å²) in [6.45, 7) is 35.0. The highest BCUT2D eigenvalue weighted by Gasteiger charge is 2.48. The minimum absolute atomic E-state index is 0. The number of rotatable bonds is 13. The minimum Gasteiger partial charge on any atom is -0.497 e. The van der Waals surface area contributed by atoms with Crippen LogP contribution in [0, 0.1) is 16.7 Å². The molecule has 356 valence electrons. The lowest BCUT2D eigenvalue weighted by Crippen LogP contribution is -2.44. The molecule has 2 aromatic rings. The molecule has 1 unspecified atom stereocenters. The van der Waals surface area contributed by atoms with Gasteiger partial charge in [-0.15, -0.1) is 0 Å². The second kappa shape index (κ2) is 27.4. The summed E-state index contributed by atoms with van der Waals surface area (Å²) >= 11 is 0. The molecule has 3 amide bonds. The number of nitrogens with zero attached hydrogens (tertiary/aromatic N) is 4. The van der Waals surface area contributed by atoms with Crippen LogP contribution < -0.4 is 15.4 Å². The Kier molecular flexibility index (Phi) is 25.2. The molecule has 3 saturated heterocycles. The first-order valence-corrected chi connectivity index (χ1v) is 23.6. The van der Waals surface area contributed by atoms with E-state index in [4.69, 9.17) is 4.74 Å². The van der Waals surface area contributed by atoms with E-state index in [0.29, 0.717) is 23.9 Å². The van der Waals surface area contributed by atoms with Crippen molar-refractivity contribution in [3.8, 4) is 5.75 Å². The van der Waals surface area contributed by atoms with Crippen LogP contribution in [0.4, 0.5) is 4.79 Å². The standard InChI is InChI=1S/C19H31NO.C16H23N3O2.C9H21N.C8H17N.CH4/c1-19(2,3)15-17-10-13-20(14-11-17)12-9-16-5-7-18(21-4)8-6-16;1-15(2,3)17-10-11-19-13(20)16(4,18-14(19)21)12-8-6-5-7-9-12;1-9(2,3)7-6-8-10(4)5;1-8(2)9-6-4-3-5-7-9;/h5-8,17H,9-15H2,1-4H3;5-9,17H,10-11H2,1-4H3,(H,18,21);6-8H2,1-5H3;8H,3-7H2,1-2H3;1H4. The molecule has 1 atom stereocenters. The number of hydrogen-bond acceptors (Lipinski definition) is 7. The normalized spacial score (nSPS) is 19.1. The third kappa shape index (κ3) is 23.1. The van der Waals surface area contributed by atoms with Crippen LogP contribution in [-0.4, -0.2) is 117 Å². The molecular weight excluding hydrogens is 769 g/mol. The van der Waals surface area contributed by atoms with Gasteiger partial charge in [0.25, 0.3) is 5.91 Å².